The highest BCUT2D eigenvalue weighted by atomic mass is 127. The van der Waals surface area contributed by atoms with Crippen LogP contribution < -0.4 is 5.32 Å². The van der Waals surface area contributed by atoms with Gasteiger partial charge in [0.1, 0.15) is 5.75 Å². The zero-order valence-electron chi connectivity index (χ0n) is 9.42. The Kier molecular flexibility index (Phi) is 4.12. The Hall–Kier alpha value is -1.22. The fourth-order valence-corrected chi connectivity index (χ4v) is 2.25. The topological polar surface area (TPSA) is 75.1 Å². The third-order valence-electron chi connectivity index (χ3n) is 2.38. The highest BCUT2D eigenvalue weighted by molar-refractivity contribution is 14.1. The highest BCUT2D eigenvalue weighted by Crippen LogP contribution is 2.21. The lowest BCUT2D eigenvalue weighted by Crippen LogP contribution is -2.26. The molecule has 0 aliphatic heterocycles. The summed E-state index contributed by atoms with van der Waals surface area (Å²) in [7, 11) is 0. The molecule has 0 radical (unpaired) electrons. The highest BCUT2D eigenvalue weighted by Gasteiger charge is 2.14. The SMILES string of the molecule is CC(NC(=O)c1ccc(I)c(O)c1)c1csnn1. The van der Waals surface area contributed by atoms with Crippen molar-refractivity contribution in [2.45, 2.75) is 13.0 Å². The van der Waals surface area contributed by atoms with Crippen molar-refractivity contribution >= 4 is 40.0 Å². The number of phenolic OH excluding ortho intramolecular Hbond substituents is 1. The standard InChI is InChI=1S/C11H10IN3O2S/c1-6(9-5-18-15-14-9)13-11(17)7-2-3-8(12)10(16)4-7/h2-6,16H,1H3,(H,13,17). The maximum Gasteiger partial charge on any atom is 0.251 e. The molecule has 0 saturated heterocycles. The number of carbonyl (C=O) groups excluding carboxylic acids is 1. The van der Waals surface area contributed by atoms with Gasteiger partial charge in [-0.25, -0.2) is 0 Å². The van der Waals surface area contributed by atoms with Crippen LogP contribution in [0.2, 0.25) is 0 Å². The van der Waals surface area contributed by atoms with Gasteiger partial charge in [0.05, 0.1) is 15.3 Å². The number of halogens is 1. The molecule has 0 saturated carbocycles. The molecule has 1 aromatic carbocycles. The van der Waals surface area contributed by atoms with Gasteiger partial charge in [0.15, 0.2) is 0 Å². The number of nitrogens with zero attached hydrogens (tertiary/aromatic N) is 2. The molecule has 94 valence electrons. The first-order valence-corrected chi connectivity index (χ1v) is 7.06. The molecule has 2 rings (SSSR count). The first-order chi connectivity index (χ1) is 8.58. The van der Waals surface area contributed by atoms with E-state index < -0.39 is 0 Å². The molecule has 0 fully saturated rings. The molecule has 7 heteroatoms. The number of hydrogen-bond donors (Lipinski definition) is 2. The quantitative estimate of drug-likeness (QED) is 0.808. The molecule has 1 atom stereocenters. The normalized spacial score (nSPS) is 12.1. The molecular weight excluding hydrogens is 365 g/mol. The van der Waals surface area contributed by atoms with E-state index in [1.54, 1.807) is 17.5 Å². The minimum atomic E-state index is -0.248. The Balaban J connectivity index is 2.10. The lowest BCUT2D eigenvalue weighted by Gasteiger charge is -2.11. The van der Waals surface area contributed by atoms with Crippen LogP contribution in [0.1, 0.15) is 29.0 Å². The largest absolute Gasteiger partial charge is 0.507 e. The fourth-order valence-electron chi connectivity index (χ4n) is 1.37. The predicted molar refractivity (Wildman–Crippen MR) is 76.6 cm³/mol. The number of benzene rings is 1. The summed E-state index contributed by atoms with van der Waals surface area (Å²) >= 11 is 3.24. The maximum atomic E-state index is 11.9. The van der Waals surface area contributed by atoms with Crippen LogP contribution in [-0.4, -0.2) is 20.6 Å². The molecule has 1 heterocycles. The molecular formula is C11H10IN3O2S. The molecule has 0 aliphatic carbocycles. The fraction of sp³-hybridized carbons (Fsp3) is 0.182. The van der Waals surface area contributed by atoms with Gasteiger partial charge in [-0.15, -0.1) is 5.10 Å². The van der Waals surface area contributed by atoms with E-state index in [0.29, 0.717) is 9.13 Å². The van der Waals surface area contributed by atoms with Gasteiger partial charge in [-0.1, -0.05) is 4.49 Å². The Morgan fingerprint density at radius 1 is 1.56 bits per heavy atom. The molecule has 1 unspecified atom stereocenters. The smallest absolute Gasteiger partial charge is 0.251 e. The Morgan fingerprint density at radius 2 is 2.33 bits per heavy atom. The van der Waals surface area contributed by atoms with E-state index in [-0.39, 0.29) is 17.7 Å². The second-order valence-corrected chi connectivity index (χ2v) is 5.46. The molecule has 18 heavy (non-hydrogen) atoms. The minimum absolute atomic E-state index is 0.103. The second-order valence-electron chi connectivity index (χ2n) is 3.69. The zero-order chi connectivity index (χ0) is 13.1. The molecule has 2 N–H and O–H groups in total. The molecule has 1 aromatic heterocycles. The van der Waals surface area contributed by atoms with Crippen LogP contribution in [0.25, 0.3) is 0 Å². The summed E-state index contributed by atoms with van der Waals surface area (Å²) in [6.07, 6.45) is 0. The lowest BCUT2D eigenvalue weighted by atomic mass is 10.2. The number of phenols is 1. The van der Waals surface area contributed by atoms with E-state index in [0.717, 1.165) is 5.69 Å². The number of aromatic nitrogens is 2. The number of nitrogens with one attached hydrogen (secondary N) is 1. The average molecular weight is 375 g/mol. The summed E-state index contributed by atoms with van der Waals surface area (Å²) in [5, 5.41) is 18.0. The van der Waals surface area contributed by atoms with E-state index in [1.165, 1.54) is 17.6 Å². The van der Waals surface area contributed by atoms with Gasteiger partial charge in [0, 0.05) is 10.9 Å². The average Bonchev–Trinajstić information content (AvgIpc) is 2.86. The van der Waals surface area contributed by atoms with Crippen molar-refractivity contribution < 1.29 is 9.90 Å². The summed E-state index contributed by atoms with van der Waals surface area (Å²) < 4.78 is 4.46. The molecule has 2 aromatic rings. The summed E-state index contributed by atoms with van der Waals surface area (Å²) in [6.45, 7) is 1.83. The first kappa shape index (κ1) is 13.2. The van der Waals surface area contributed by atoms with Gasteiger partial charge < -0.3 is 10.4 Å². The van der Waals surface area contributed by atoms with Gasteiger partial charge in [0.25, 0.3) is 5.91 Å². The molecule has 1 amide bonds. The number of rotatable bonds is 3. The van der Waals surface area contributed by atoms with Crippen LogP contribution in [0, 0.1) is 3.57 Å². The van der Waals surface area contributed by atoms with Gasteiger partial charge in [-0.3, -0.25) is 4.79 Å². The van der Waals surface area contributed by atoms with Crippen LogP contribution in [0.15, 0.2) is 23.6 Å². The van der Waals surface area contributed by atoms with E-state index in [2.05, 4.69) is 14.9 Å². The number of hydrogen-bond acceptors (Lipinski definition) is 5. The maximum absolute atomic E-state index is 11.9. The third-order valence-corrected chi connectivity index (χ3v) is 3.81. The Morgan fingerprint density at radius 3 is 2.94 bits per heavy atom. The van der Waals surface area contributed by atoms with Crippen molar-refractivity contribution in [1.82, 2.24) is 14.9 Å². The molecule has 0 aliphatic rings. The van der Waals surface area contributed by atoms with Gasteiger partial charge in [0.2, 0.25) is 0 Å². The van der Waals surface area contributed by atoms with E-state index in [9.17, 15) is 9.90 Å². The van der Waals surface area contributed by atoms with Gasteiger partial charge in [-0.2, -0.15) is 0 Å². The van der Waals surface area contributed by atoms with Crippen molar-refractivity contribution in [2.24, 2.45) is 0 Å². The van der Waals surface area contributed by atoms with Crippen molar-refractivity contribution in [3.63, 3.8) is 0 Å². The summed E-state index contributed by atoms with van der Waals surface area (Å²) in [5.74, 6) is -0.145. The number of aromatic hydroxyl groups is 1. The Bertz CT molecular complexity index is 559. The van der Waals surface area contributed by atoms with Crippen molar-refractivity contribution in [3.8, 4) is 5.75 Å². The van der Waals surface area contributed by atoms with E-state index >= 15 is 0 Å². The van der Waals surface area contributed by atoms with Crippen LogP contribution in [0.4, 0.5) is 0 Å². The van der Waals surface area contributed by atoms with Crippen LogP contribution in [0.3, 0.4) is 0 Å². The zero-order valence-corrected chi connectivity index (χ0v) is 12.4. The summed E-state index contributed by atoms with van der Waals surface area (Å²) in [5.41, 5.74) is 1.14. The van der Waals surface area contributed by atoms with Crippen molar-refractivity contribution in [1.29, 1.82) is 0 Å². The Labute approximate surface area is 122 Å². The van der Waals surface area contributed by atoms with Crippen LogP contribution >= 0.6 is 34.1 Å². The summed E-state index contributed by atoms with van der Waals surface area (Å²) in [4.78, 5) is 11.9. The van der Waals surface area contributed by atoms with E-state index in [4.69, 9.17) is 0 Å². The van der Waals surface area contributed by atoms with Crippen molar-refractivity contribution in [2.75, 3.05) is 0 Å². The number of carbonyl (C=O) groups is 1. The van der Waals surface area contributed by atoms with Crippen LogP contribution in [0.5, 0.6) is 5.75 Å². The molecule has 0 spiro atoms. The number of amides is 1. The first-order valence-electron chi connectivity index (χ1n) is 5.14. The predicted octanol–water partition coefficient (Wildman–Crippen LogP) is 2.34. The third kappa shape index (κ3) is 2.96. The lowest BCUT2D eigenvalue weighted by molar-refractivity contribution is 0.0938. The molecule has 0 bridgehead atoms. The van der Waals surface area contributed by atoms with Gasteiger partial charge in [-0.05, 0) is 59.2 Å². The van der Waals surface area contributed by atoms with Crippen molar-refractivity contribution in [3.05, 3.63) is 38.4 Å². The van der Waals surface area contributed by atoms with Crippen LogP contribution in [-0.2, 0) is 0 Å². The monoisotopic (exact) mass is 375 g/mol. The van der Waals surface area contributed by atoms with Gasteiger partial charge >= 0.3 is 0 Å². The van der Waals surface area contributed by atoms with E-state index in [1.807, 2.05) is 29.5 Å². The second kappa shape index (κ2) is 5.61. The minimum Gasteiger partial charge on any atom is -0.507 e. The molecule has 5 nitrogen and oxygen atoms in total. The summed E-state index contributed by atoms with van der Waals surface area (Å²) in [6, 6.07) is 4.60.